The summed E-state index contributed by atoms with van der Waals surface area (Å²) in [5.74, 6) is -17.7. The second-order valence-electron chi connectivity index (χ2n) is 8.65. The molecule has 0 aliphatic carbocycles. The quantitative estimate of drug-likeness (QED) is 0.0800. The van der Waals surface area contributed by atoms with Crippen molar-refractivity contribution >= 4 is 35.1 Å². The first-order chi connectivity index (χ1) is 21.5. The summed E-state index contributed by atoms with van der Waals surface area (Å²) in [6, 6.07) is 2.43. The van der Waals surface area contributed by atoms with Crippen LogP contribution in [0.25, 0.3) is 0 Å². The van der Waals surface area contributed by atoms with Crippen LogP contribution >= 0.6 is 11.8 Å². The lowest BCUT2D eigenvalue weighted by molar-refractivity contribution is -0.384. The number of hydrogen-bond donors (Lipinski definition) is 1. The number of ether oxygens (including phenoxy) is 3. The van der Waals surface area contributed by atoms with Crippen molar-refractivity contribution in [2.24, 2.45) is 0 Å². The summed E-state index contributed by atoms with van der Waals surface area (Å²) >= 11 is 0.661. The molecule has 3 rings (SSSR count). The lowest BCUT2D eigenvalue weighted by Gasteiger charge is -2.28. The number of carbonyl (C=O) groups excluding carboxylic acids is 2. The smallest absolute Gasteiger partial charge is 0.460 e. The summed E-state index contributed by atoms with van der Waals surface area (Å²) in [6.07, 6.45) is -6.90. The van der Waals surface area contributed by atoms with E-state index in [0.717, 1.165) is 22.9 Å². The monoisotopic (exact) mass is 689 g/mol. The summed E-state index contributed by atoms with van der Waals surface area (Å²) in [5.41, 5.74) is -3.31. The third kappa shape index (κ3) is 8.39. The average Bonchev–Trinajstić information content (AvgIpc) is 3.42. The topological polar surface area (TPSA) is 173 Å². The second-order valence-corrected chi connectivity index (χ2v) is 9.65. The summed E-state index contributed by atoms with van der Waals surface area (Å²) < 4.78 is 123. The zero-order valence-corrected chi connectivity index (χ0v) is 23.7. The van der Waals surface area contributed by atoms with E-state index in [1.54, 1.807) is 5.32 Å². The number of aromatic nitrogens is 5. The molecule has 0 spiro atoms. The molecule has 0 saturated carbocycles. The van der Waals surface area contributed by atoms with Crippen LogP contribution in [0.2, 0.25) is 0 Å². The lowest BCUT2D eigenvalue weighted by atomic mass is 10.0. The van der Waals surface area contributed by atoms with Gasteiger partial charge in [0.2, 0.25) is 5.16 Å². The van der Waals surface area contributed by atoms with Crippen molar-refractivity contribution in [1.29, 1.82) is 0 Å². The molecule has 0 fully saturated rings. The number of benzene rings is 1. The van der Waals surface area contributed by atoms with Crippen molar-refractivity contribution < 1.29 is 63.8 Å². The SMILES string of the molecule is COCCOCC(=O)OCCn1nnnc1Sc1ccc([N+](=O)[O-])cc1C(=O)Nc1ncc(C(F)(F)C(F)(F)C(F)(F)F)cc1F. The van der Waals surface area contributed by atoms with Gasteiger partial charge in [0.1, 0.15) is 13.2 Å². The van der Waals surface area contributed by atoms with Gasteiger partial charge in [-0.25, -0.2) is 18.9 Å². The van der Waals surface area contributed by atoms with Gasteiger partial charge in [-0.1, -0.05) is 0 Å². The van der Waals surface area contributed by atoms with Crippen molar-refractivity contribution in [2.45, 2.75) is 34.6 Å². The number of nitro groups is 1. The molecule has 2 heterocycles. The third-order valence-electron chi connectivity index (χ3n) is 5.52. The molecule has 2 aromatic heterocycles. The van der Waals surface area contributed by atoms with Gasteiger partial charge in [0, 0.05) is 35.9 Å². The molecule has 3 aromatic rings. The molecule has 1 N–H and O–H groups in total. The molecule has 250 valence electrons. The molecular weight excluding hydrogens is 670 g/mol. The van der Waals surface area contributed by atoms with E-state index in [1.165, 1.54) is 7.11 Å². The highest BCUT2D eigenvalue weighted by atomic mass is 32.2. The van der Waals surface area contributed by atoms with Gasteiger partial charge in [-0.05, 0) is 34.3 Å². The molecule has 1 amide bonds. The van der Waals surface area contributed by atoms with Crippen molar-refractivity contribution in [3.63, 3.8) is 0 Å². The largest absolute Gasteiger partial charge is 0.462 e. The van der Waals surface area contributed by atoms with Crippen LogP contribution in [0.3, 0.4) is 0 Å². The van der Waals surface area contributed by atoms with Crippen LogP contribution in [0, 0.1) is 15.9 Å². The van der Waals surface area contributed by atoms with Gasteiger partial charge in [-0.15, -0.1) is 5.10 Å². The predicted octanol–water partition coefficient (Wildman–Crippen LogP) is 4.01. The van der Waals surface area contributed by atoms with Crippen molar-refractivity contribution in [3.05, 3.63) is 57.5 Å². The Morgan fingerprint density at radius 3 is 2.43 bits per heavy atom. The van der Waals surface area contributed by atoms with E-state index >= 15 is 0 Å². The van der Waals surface area contributed by atoms with Gasteiger partial charge in [0.05, 0.1) is 30.2 Å². The third-order valence-corrected chi connectivity index (χ3v) is 6.57. The Hall–Kier alpha value is -4.51. The first-order valence-electron chi connectivity index (χ1n) is 12.2. The summed E-state index contributed by atoms with van der Waals surface area (Å²) in [5, 5.41) is 24.0. The number of rotatable bonds is 15. The second kappa shape index (κ2) is 14.7. The lowest BCUT2D eigenvalue weighted by Crippen LogP contribution is -2.50. The maximum absolute atomic E-state index is 14.6. The number of anilines is 1. The van der Waals surface area contributed by atoms with Crippen LogP contribution in [-0.2, 0) is 31.5 Å². The number of methoxy groups -OCH3 is 1. The number of nitrogens with zero attached hydrogens (tertiary/aromatic N) is 6. The van der Waals surface area contributed by atoms with Crippen LogP contribution in [0.15, 0.2) is 40.5 Å². The Morgan fingerprint density at radius 2 is 1.80 bits per heavy atom. The van der Waals surface area contributed by atoms with Crippen LogP contribution in [0.5, 0.6) is 0 Å². The van der Waals surface area contributed by atoms with Crippen molar-refractivity contribution in [1.82, 2.24) is 25.2 Å². The fourth-order valence-electron chi connectivity index (χ4n) is 3.23. The molecule has 0 radical (unpaired) electrons. The Kier molecular flexibility index (Phi) is 11.5. The van der Waals surface area contributed by atoms with E-state index in [9.17, 15) is 54.8 Å². The maximum Gasteiger partial charge on any atom is 0.460 e. The van der Waals surface area contributed by atoms with Crippen molar-refractivity contribution in [2.75, 3.05) is 38.9 Å². The molecule has 0 aliphatic rings. The number of nitrogens with one attached hydrogen (secondary N) is 1. The standard InChI is InChI=1S/C23H19F8N7O7S/c1-43-6-7-44-11-17(39)45-5-4-37-20(34-35-36-37)46-16-3-2-13(38(41)42)9-14(16)19(40)33-18-15(24)8-12(10-32-18)21(25,26)22(27,28)23(29,30)31/h2-3,8-10H,4-7,11H2,1H3,(H,32,33,40). The van der Waals surface area contributed by atoms with Crippen molar-refractivity contribution in [3.8, 4) is 0 Å². The number of esters is 1. The molecule has 1 aromatic carbocycles. The minimum absolute atomic E-state index is 0.0308. The fourth-order valence-corrected chi connectivity index (χ4v) is 4.13. The molecule has 0 bridgehead atoms. The zero-order valence-electron chi connectivity index (χ0n) is 22.9. The first-order valence-corrected chi connectivity index (χ1v) is 13.1. The van der Waals surface area contributed by atoms with Crippen LogP contribution in [0.4, 0.5) is 46.6 Å². The fraction of sp³-hybridized carbons (Fsp3) is 0.391. The van der Waals surface area contributed by atoms with E-state index in [4.69, 9.17) is 14.2 Å². The van der Waals surface area contributed by atoms with E-state index in [-0.39, 0.29) is 55.3 Å². The number of non-ortho nitro benzene ring substituents is 1. The normalized spacial score (nSPS) is 12.2. The number of nitro benzene ring substituents is 1. The van der Waals surface area contributed by atoms with Gasteiger partial charge >= 0.3 is 24.0 Å². The van der Waals surface area contributed by atoms with Crippen LogP contribution < -0.4 is 5.32 Å². The molecule has 23 heteroatoms. The molecular formula is C23H19F8N7O7S. The van der Waals surface area contributed by atoms with Crippen LogP contribution in [-0.4, -0.2) is 87.6 Å². The number of hydrogen-bond acceptors (Lipinski definition) is 12. The van der Waals surface area contributed by atoms with Gasteiger partial charge in [0.15, 0.2) is 11.6 Å². The van der Waals surface area contributed by atoms with Gasteiger partial charge < -0.3 is 19.5 Å². The maximum atomic E-state index is 14.6. The summed E-state index contributed by atoms with van der Waals surface area (Å²) in [7, 11) is 1.44. The highest BCUT2D eigenvalue weighted by Gasteiger charge is 2.73. The highest BCUT2D eigenvalue weighted by molar-refractivity contribution is 7.99. The Balaban J connectivity index is 1.80. The van der Waals surface area contributed by atoms with E-state index in [2.05, 4.69) is 20.5 Å². The number of amides is 1. The average molecular weight is 689 g/mol. The first kappa shape index (κ1) is 36.0. The predicted molar refractivity (Wildman–Crippen MR) is 136 cm³/mol. The minimum Gasteiger partial charge on any atom is -0.462 e. The Labute approximate surface area is 255 Å². The number of halogens is 8. The summed E-state index contributed by atoms with van der Waals surface area (Å²) in [6.45, 7) is -0.288. The number of tetrazole rings is 1. The molecule has 0 unspecified atom stereocenters. The number of pyridine rings is 1. The molecule has 0 aliphatic heterocycles. The Morgan fingerprint density at radius 1 is 1.09 bits per heavy atom. The highest BCUT2D eigenvalue weighted by Crippen LogP contribution is 2.51. The molecule has 46 heavy (non-hydrogen) atoms. The molecule has 0 saturated heterocycles. The van der Waals surface area contributed by atoms with Gasteiger partial charge in [0.25, 0.3) is 11.6 Å². The Bertz CT molecular complexity index is 1580. The van der Waals surface area contributed by atoms with E-state index in [0.29, 0.717) is 11.8 Å². The van der Waals surface area contributed by atoms with Crippen LogP contribution in [0.1, 0.15) is 15.9 Å². The molecule has 0 atom stereocenters. The van der Waals surface area contributed by atoms with E-state index in [1.807, 2.05) is 0 Å². The van der Waals surface area contributed by atoms with E-state index < -0.39 is 63.3 Å². The number of carbonyl (C=O) groups is 2. The summed E-state index contributed by atoms with van der Waals surface area (Å²) in [4.78, 5) is 38.1. The van der Waals surface area contributed by atoms with Gasteiger partial charge in [-0.2, -0.15) is 30.7 Å². The molecule has 14 nitrogen and oxygen atoms in total. The zero-order chi connectivity index (χ0) is 34.3. The number of alkyl halides is 7. The minimum atomic E-state index is -6.70. The van der Waals surface area contributed by atoms with Gasteiger partial charge in [-0.3, -0.25) is 14.9 Å².